The minimum absolute atomic E-state index is 0.286. The van der Waals surface area contributed by atoms with E-state index in [-0.39, 0.29) is 6.10 Å². The maximum Gasteiger partial charge on any atom is 0.191 e. The Morgan fingerprint density at radius 1 is 1.47 bits per heavy atom. The number of thioether (sulfide) groups is 1. The summed E-state index contributed by atoms with van der Waals surface area (Å²) >= 11 is 1.83. The molecule has 5 nitrogen and oxygen atoms in total. The van der Waals surface area contributed by atoms with Crippen LogP contribution in [0.5, 0.6) is 0 Å². The number of nitrogens with zero attached hydrogens (tertiary/aromatic N) is 2. The molecule has 0 bridgehead atoms. The summed E-state index contributed by atoms with van der Waals surface area (Å²) in [5.74, 6) is 1.97. The molecule has 2 saturated heterocycles. The number of hydrogen-bond donors (Lipinski definition) is 2. The number of nitrogens with one attached hydrogen (secondary N) is 2. The molecule has 19 heavy (non-hydrogen) atoms. The quantitative estimate of drug-likeness (QED) is 0.435. The van der Waals surface area contributed by atoms with Crippen LogP contribution in [0.3, 0.4) is 0 Å². The summed E-state index contributed by atoms with van der Waals surface area (Å²) < 4.78 is 5.92. The van der Waals surface area contributed by atoms with Crippen LogP contribution in [0.1, 0.15) is 12.8 Å². The summed E-state index contributed by atoms with van der Waals surface area (Å²) in [6, 6.07) is 0.676. The van der Waals surface area contributed by atoms with Crippen LogP contribution in [-0.4, -0.2) is 74.8 Å². The maximum absolute atomic E-state index is 5.92. The van der Waals surface area contributed by atoms with Crippen LogP contribution in [-0.2, 0) is 4.74 Å². The summed E-state index contributed by atoms with van der Waals surface area (Å²) in [4.78, 5) is 6.80. The summed E-state index contributed by atoms with van der Waals surface area (Å²) in [6.07, 6.45) is 5.03. The normalized spacial score (nSPS) is 28.2. The molecule has 2 aliphatic heterocycles. The van der Waals surface area contributed by atoms with Crippen molar-refractivity contribution < 1.29 is 4.74 Å². The van der Waals surface area contributed by atoms with Crippen molar-refractivity contribution in [3.63, 3.8) is 0 Å². The van der Waals surface area contributed by atoms with Gasteiger partial charge in [-0.25, -0.2) is 0 Å². The smallest absolute Gasteiger partial charge is 0.191 e. The highest BCUT2D eigenvalue weighted by Crippen LogP contribution is 2.22. The Kier molecular flexibility index (Phi) is 6.26. The highest BCUT2D eigenvalue weighted by atomic mass is 32.2. The van der Waals surface area contributed by atoms with Gasteiger partial charge in [0.1, 0.15) is 0 Å². The van der Waals surface area contributed by atoms with Crippen molar-refractivity contribution in [1.82, 2.24) is 15.5 Å². The molecule has 110 valence electrons. The van der Waals surface area contributed by atoms with E-state index in [1.807, 2.05) is 18.8 Å². The van der Waals surface area contributed by atoms with Crippen LogP contribution >= 0.6 is 11.8 Å². The molecule has 0 aromatic carbocycles. The Hall–Kier alpha value is -0.460. The molecule has 2 N–H and O–H groups in total. The predicted molar refractivity (Wildman–Crippen MR) is 82.1 cm³/mol. The number of aliphatic imine (C=N–C) groups is 1. The third-order valence-electron chi connectivity index (χ3n) is 3.78. The van der Waals surface area contributed by atoms with Gasteiger partial charge in [0.2, 0.25) is 0 Å². The van der Waals surface area contributed by atoms with Gasteiger partial charge in [-0.1, -0.05) is 0 Å². The Morgan fingerprint density at radius 2 is 2.37 bits per heavy atom. The summed E-state index contributed by atoms with van der Waals surface area (Å²) in [5, 5.41) is 6.66. The van der Waals surface area contributed by atoms with Crippen LogP contribution < -0.4 is 10.6 Å². The topological polar surface area (TPSA) is 48.9 Å². The zero-order chi connectivity index (χ0) is 13.5. The van der Waals surface area contributed by atoms with E-state index in [0.29, 0.717) is 6.04 Å². The molecular weight excluding hydrogens is 260 g/mol. The van der Waals surface area contributed by atoms with E-state index < -0.39 is 0 Å². The van der Waals surface area contributed by atoms with Crippen molar-refractivity contribution in [2.24, 2.45) is 4.99 Å². The van der Waals surface area contributed by atoms with Gasteiger partial charge < -0.3 is 15.4 Å². The molecule has 2 fully saturated rings. The van der Waals surface area contributed by atoms with Crippen LogP contribution in [0.25, 0.3) is 0 Å². The largest absolute Gasteiger partial charge is 0.373 e. The molecule has 0 amide bonds. The fourth-order valence-electron chi connectivity index (χ4n) is 2.71. The van der Waals surface area contributed by atoms with Gasteiger partial charge in [0.15, 0.2) is 5.96 Å². The minimum Gasteiger partial charge on any atom is -0.373 e. The van der Waals surface area contributed by atoms with Crippen LogP contribution in [0.15, 0.2) is 4.99 Å². The number of fused-ring (bicyclic) bond motifs is 1. The van der Waals surface area contributed by atoms with E-state index >= 15 is 0 Å². The van der Waals surface area contributed by atoms with Gasteiger partial charge in [0.25, 0.3) is 0 Å². The van der Waals surface area contributed by atoms with Crippen molar-refractivity contribution in [3.8, 4) is 0 Å². The fourth-order valence-corrected chi connectivity index (χ4v) is 3.02. The second-order valence-corrected chi connectivity index (χ2v) is 6.10. The lowest BCUT2D eigenvalue weighted by molar-refractivity contribution is -0.0453. The average molecular weight is 286 g/mol. The minimum atomic E-state index is 0.286. The third-order valence-corrected chi connectivity index (χ3v) is 4.39. The maximum atomic E-state index is 5.92. The van der Waals surface area contributed by atoms with Crippen molar-refractivity contribution in [1.29, 1.82) is 0 Å². The molecule has 2 atom stereocenters. The number of guanidine groups is 1. The van der Waals surface area contributed by atoms with Gasteiger partial charge in [0, 0.05) is 38.5 Å². The first kappa shape index (κ1) is 14.9. The Balaban J connectivity index is 1.66. The molecule has 2 aliphatic rings. The molecule has 0 spiro atoms. The van der Waals surface area contributed by atoms with E-state index in [2.05, 4.69) is 26.8 Å². The zero-order valence-corrected chi connectivity index (χ0v) is 12.8. The van der Waals surface area contributed by atoms with E-state index in [1.54, 1.807) is 0 Å². The van der Waals surface area contributed by atoms with Crippen molar-refractivity contribution >= 4 is 17.7 Å². The number of hydrogen-bond acceptors (Lipinski definition) is 4. The van der Waals surface area contributed by atoms with Gasteiger partial charge in [0.05, 0.1) is 12.7 Å². The number of rotatable bonds is 5. The second-order valence-electron chi connectivity index (χ2n) is 5.12. The first-order valence-electron chi connectivity index (χ1n) is 7.12. The van der Waals surface area contributed by atoms with Crippen molar-refractivity contribution in [3.05, 3.63) is 0 Å². The molecule has 0 aromatic heterocycles. The van der Waals surface area contributed by atoms with E-state index in [1.165, 1.54) is 19.4 Å². The lowest BCUT2D eigenvalue weighted by Gasteiger charge is -2.35. The molecule has 2 unspecified atom stereocenters. The molecule has 0 saturated carbocycles. The standard InChI is InChI=1S/C13H26N4OS/c1-14-13(15-5-7-19-2)16-8-12-9-17-6-3-4-11(17)10-18-12/h11-12H,3-10H2,1-2H3,(H2,14,15,16). The number of ether oxygens (including phenoxy) is 1. The lowest BCUT2D eigenvalue weighted by Crippen LogP contribution is -2.51. The summed E-state index contributed by atoms with van der Waals surface area (Å²) in [7, 11) is 1.81. The molecular formula is C13H26N4OS. The van der Waals surface area contributed by atoms with E-state index in [4.69, 9.17) is 4.74 Å². The first-order chi connectivity index (χ1) is 9.33. The van der Waals surface area contributed by atoms with Gasteiger partial charge in [-0.15, -0.1) is 0 Å². The highest BCUT2D eigenvalue weighted by Gasteiger charge is 2.31. The highest BCUT2D eigenvalue weighted by molar-refractivity contribution is 7.98. The molecule has 2 rings (SSSR count). The van der Waals surface area contributed by atoms with Crippen LogP contribution in [0, 0.1) is 0 Å². The molecule has 2 heterocycles. The zero-order valence-electron chi connectivity index (χ0n) is 12.0. The Bertz CT molecular complexity index is 300. The lowest BCUT2D eigenvalue weighted by atomic mass is 10.2. The molecule has 0 radical (unpaired) electrons. The Labute approximate surface area is 120 Å². The van der Waals surface area contributed by atoms with E-state index in [0.717, 1.165) is 38.0 Å². The van der Waals surface area contributed by atoms with Crippen LogP contribution in [0.4, 0.5) is 0 Å². The van der Waals surface area contributed by atoms with Gasteiger partial charge in [-0.2, -0.15) is 11.8 Å². The summed E-state index contributed by atoms with van der Waals surface area (Å²) in [6.45, 7) is 4.97. The monoisotopic (exact) mass is 286 g/mol. The molecule has 0 aliphatic carbocycles. The second kappa shape index (κ2) is 7.97. The Morgan fingerprint density at radius 3 is 3.16 bits per heavy atom. The van der Waals surface area contributed by atoms with Gasteiger partial charge >= 0.3 is 0 Å². The fraction of sp³-hybridized carbons (Fsp3) is 0.923. The molecule has 0 aromatic rings. The van der Waals surface area contributed by atoms with Gasteiger partial charge in [-0.05, 0) is 25.6 Å². The van der Waals surface area contributed by atoms with Crippen molar-refractivity contribution in [2.75, 3.05) is 51.8 Å². The van der Waals surface area contributed by atoms with E-state index in [9.17, 15) is 0 Å². The van der Waals surface area contributed by atoms with Crippen LogP contribution in [0.2, 0.25) is 0 Å². The van der Waals surface area contributed by atoms with Crippen molar-refractivity contribution in [2.45, 2.75) is 25.0 Å². The average Bonchev–Trinajstić information content (AvgIpc) is 2.90. The predicted octanol–water partition coefficient (Wildman–Crippen LogP) is 0.378. The first-order valence-corrected chi connectivity index (χ1v) is 8.52. The third kappa shape index (κ3) is 4.54. The summed E-state index contributed by atoms with van der Waals surface area (Å²) in [5.41, 5.74) is 0. The molecule has 6 heteroatoms. The van der Waals surface area contributed by atoms with Gasteiger partial charge in [-0.3, -0.25) is 9.89 Å². The number of morpholine rings is 1. The SMILES string of the molecule is CN=C(NCCSC)NCC1CN2CCCC2CO1.